The van der Waals surface area contributed by atoms with E-state index < -0.39 is 0 Å². The van der Waals surface area contributed by atoms with Gasteiger partial charge in [0.25, 0.3) is 11.5 Å². The molecule has 1 N–H and O–H groups in total. The fraction of sp³-hybridized carbons (Fsp3) is 0.500. The van der Waals surface area contributed by atoms with Crippen LogP contribution in [0.3, 0.4) is 0 Å². The molecule has 6 nitrogen and oxygen atoms in total. The average Bonchev–Trinajstić information content (AvgIpc) is 2.74. The van der Waals surface area contributed by atoms with E-state index in [2.05, 4.69) is 52.1 Å². The van der Waals surface area contributed by atoms with Crippen LogP contribution < -0.4 is 5.56 Å². The fourth-order valence-electron chi connectivity index (χ4n) is 4.90. The molecule has 0 saturated carbocycles. The van der Waals surface area contributed by atoms with Crippen LogP contribution in [0.1, 0.15) is 48.0 Å². The molecule has 1 aromatic carbocycles. The number of H-pyrrole nitrogens is 1. The molecule has 0 aliphatic carbocycles. The van der Waals surface area contributed by atoms with Gasteiger partial charge >= 0.3 is 0 Å². The Balaban J connectivity index is 1.48. The molecular weight excluding hydrogens is 352 g/mol. The number of carbonyl (C=O) groups excluding carboxylic acids is 1. The number of benzene rings is 1. The lowest BCUT2D eigenvalue weighted by Crippen LogP contribution is -2.52. The molecular formula is C22H28N4O2. The summed E-state index contributed by atoms with van der Waals surface area (Å²) in [7, 11) is 0. The lowest BCUT2D eigenvalue weighted by atomic mass is 9.68. The van der Waals surface area contributed by atoms with Crippen LogP contribution in [0.5, 0.6) is 0 Å². The predicted molar refractivity (Wildman–Crippen MR) is 108 cm³/mol. The number of likely N-dealkylation sites (tertiary alicyclic amines) is 2. The van der Waals surface area contributed by atoms with Crippen LogP contribution in [-0.4, -0.2) is 58.4 Å². The summed E-state index contributed by atoms with van der Waals surface area (Å²) in [4.78, 5) is 35.5. The van der Waals surface area contributed by atoms with E-state index in [1.54, 1.807) is 0 Å². The summed E-state index contributed by atoms with van der Waals surface area (Å²) in [5.74, 6) is 0.338. The van der Waals surface area contributed by atoms with Crippen molar-refractivity contribution in [3.05, 3.63) is 64.3 Å². The van der Waals surface area contributed by atoms with Gasteiger partial charge in [0.1, 0.15) is 5.56 Å². The van der Waals surface area contributed by atoms with Crippen LogP contribution >= 0.6 is 0 Å². The molecule has 0 radical (unpaired) electrons. The number of likely N-dealkylation sites (N-methyl/N-ethyl adjacent to an activating group) is 1. The maximum Gasteiger partial charge on any atom is 0.263 e. The molecule has 1 amide bonds. The summed E-state index contributed by atoms with van der Waals surface area (Å²) in [5.41, 5.74) is 1.44. The Hall–Kier alpha value is -2.47. The second-order valence-electron chi connectivity index (χ2n) is 8.23. The molecule has 4 rings (SSSR count). The number of piperidine rings is 2. The highest BCUT2D eigenvalue weighted by molar-refractivity contribution is 5.93. The zero-order valence-electron chi connectivity index (χ0n) is 16.4. The van der Waals surface area contributed by atoms with Gasteiger partial charge in [0.2, 0.25) is 0 Å². The molecule has 2 aliphatic rings. The third-order valence-corrected chi connectivity index (χ3v) is 6.50. The van der Waals surface area contributed by atoms with Crippen LogP contribution in [0.2, 0.25) is 0 Å². The smallest absolute Gasteiger partial charge is 0.263 e. The quantitative estimate of drug-likeness (QED) is 0.888. The van der Waals surface area contributed by atoms with Crippen molar-refractivity contribution in [1.29, 1.82) is 0 Å². The Bertz CT molecular complexity index is 871. The van der Waals surface area contributed by atoms with Gasteiger partial charge in [-0.15, -0.1) is 0 Å². The fourth-order valence-corrected chi connectivity index (χ4v) is 4.90. The molecule has 1 spiro atoms. The maximum atomic E-state index is 12.8. The molecule has 0 bridgehead atoms. The van der Waals surface area contributed by atoms with E-state index in [4.69, 9.17) is 0 Å². The summed E-state index contributed by atoms with van der Waals surface area (Å²) < 4.78 is 0. The molecule has 148 valence electrons. The van der Waals surface area contributed by atoms with E-state index in [1.807, 2.05) is 4.90 Å². The number of hydrogen-bond acceptors (Lipinski definition) is 4. The second kappa shape index (κ2) is 7.87. The number of nitrogens with zero attached hydrogens (tertiary/aromatic N) is 3. The topological polar surface area (TPSA) is 69.3 Å². The normalized spacial score (nSPS) is 22.3. The first kappa shape index (κ1) is 18.9. The van der Waals surface area contributed by atoms with Gasteiger partial charge in [0.15, 0.2) is 0 Å². The first-order valence-electron chi connectivity index (χ1n) is 10.2. The number of rotatable bonds is 3. The van der Waals surface area contributed by atoms with Crippen molar-refractivity contribution >= 4 is 5.91 Å². The van der Waals surface area contributed by atoms with Crippen LogP contribution in [0.15, 0.2) is 47.7 Å². The van der Waals surface area contributed by atoms with Crippen molar-refractivity contribution in [1.82, 2.24) is 19.8 Å². The molecule has 2 aromatic rings. The zero-order chi connectivity index (χ0) is 19.6. The zero-order valence-corrected chi connectivity index (χ0v) is 16.4. The van der Waals surface area contributed by atoms with E-state index in [1.165, 1.54) is 24.5 Å². The van der Waals surface area contributed by atoms with Crippen LogP contribution in [0.25, 0.3) is 0 Å². The van der Waals surface area contributed by atoms with E-state index in [0.29, 0.717) is 19.0 Å². The molecule has 28 heavy (non-hydrogen) atoms. The van der Waals surface area contributed by atoms with Crippen LogP contribution in [-0.2, 0) is 0 Å². The van der Waals surface area contributed by atoms with E-state index in [9.17, 15) is 9.59 Å². The Kier molecular flexibility index (Phi) is 5.31. The van der Waals surface area contributed by atoms with Gasteiger partial charge in [-0.2, -0.15) is 0 Å². The van der Waals surface area contributed by atoms with E-state index in [-0.39, 0.29) is 22.4 Å². The summed E-state index contributed by atoms with van der Waals surface area (Å²) in [6.45, 7) is 6.89. The molecule has 1 atom stereocenters. The maximum absolute atomic E-state index is 12.8. The van der Waals surface area contributed by atoms with Gasteiger partial charge in [-0.25, -0.2) is 4.98 Å². The predicted octanol–water partition coefficient (Wildman–Crippen LogP) is 2.50. The molecule has 6 heteroatoms. The lowest BCUT2D eigenvalue weighted by Gasteiger charge is -2.50. The Labute approximate surface area is 165 Å². The van der Waals surface area contributed by atoms with E-state index >= 15 is 0 Å². The first-order valence-corrected chi connectivity index (χ1v) is 10.2. The molecule has 1 aromatic heterocycles. The Morgan fingerprint density at radius 3 is 2.68 bits per heavy atom. The van der Waals surface area contributed by atoms with Crippen molar-refractivity contribution in [2.75, 3.05) is 32.7 Å². The van der Waals surface area contributed by atoms with Crippen molar-refractivity contribution in [2.24, 2.45) is 5.41 Å². The molecule has 2 fully saturated rings. The number of nitrogens with one attached hydrogen (secondary N) is 1. The molecule has 2 saturated heterocycles. The minimum atomic E-state index is -0.362. The summed E-state index contributed by atoms with van der Waals surface area (Å²) in [6.07, 6.45) is 5.82. The standard InChI is InChI=1S/C22H28N4O2/c1-2-25-14-18(17-6-4-3-5-7-17)12-22(15-25)8-10-26(11-9-22)21(28)19-13-23-16-24-20(19)27/h3-7,13,16,18H,2,8-12,14-15H2,1H3,(H,23,24,27). The molecule has 1 unspecified atom stereocenters. The Morgan fingerprint density at radius 1 is 1.25 bits per heavy atom. The Morgan fingerprint density at radius 2 is 2.00 bits per heavy atom. The van der Waals surface area contributed by atoms with Gasteiger partial charge in [-0.1, -0.05) is 37.3 Å². The number of carbonyl (C=O) groups is 1. The highest BCUT2D eigenvalue weighted by atomic mass is 16.2. The van der Waals surface area contributed by atoms with Gasteiger partial charge in [-0.05, 0) is 42.7 Å². The monoisotopic (exact) mass is 380 g/mol. The number of hydrogen-bond donors (Lipinski definition) is 1. The van der Waals surface area contributed by atoms with Gasteiger partial charge in [0, 0.05) is 32.4 Å². The first-order chi connectivity index (χ1) is 13.6. The van der Waals surface area contributed by atoms with Crippen LogP contribution in [0.4, 0.5) is 0 Å². The van der Waals surface area contributed by atoms with Crippen molar-refractivity contribution in [3.63, 3.8) is 0 Å². The molecule has 3 heterocycles. The van der Waals surface area contributed by atoms with Gasteiger partial charge in [-0.3, -0.25) is 9.59 Å². The molecule has 2 aliphatic heterocycles. The minimum absolute atomic E-state index is 0.138. The second-order valence-corrected chi connectivity index (χ2v) is 8.23. The third kappa shape index (κ3) is 3.74. The number of aromatic nitrogens is 2. The highest BCUT2D eigenvalue weighted by Crippen LogP contribution is 2.45. The minimum Gasteiger partial charge on any atom is -0.338 e. The summed E-state index contributed by atoms with van der Waals surface area (Å²) in [6, 6.07) is 10.8. The van der Waals surface area contributed by atoms with Gasteiger partial charge < -0.3 is 14.8 Å². The largest absolute Gasteiger partial charge is 0.338 e. The van der Waals surface area contributed by atoms with Gasteiger partial charge in [0.05, 0.1) is 6.33 Å². The average molecular weight is 380 g/mol. The van der Waals surface area contributed by atoms with Crippen molar-refractivity contribution < 1.29 is 4.79 Å². The SMILES string of the molecule is CCN1CC(c2ccccc2)CC2(CCN(C(=O)c3cnc[nH]c3=O)CC2)C1. The summed E-state index contributed by atoms with van der Waals surface area (Å²) in [5, 5.41) is 0. The highest BCUT2D eigenvalue weighted by Gasteiger charge is 2.42. The number of amides is 1. The van der Waals surface area contributed by atoms with E-state index in [0.717, 1.165) is 32.5 Å². The van der Waals surface area contributed by atoms with Crippen molar-refractivity contribution in [3.8, 4) is 0 Å². The summed E-state index contributed by atoms with van der Waals surface area (Å²) >= 11 is 0. The lowest BCUT2D eigenvalue weighted by molar-refractivity contribution is 0.0157. The third-order valence-electron chi connectivity index (χ3n) is 6.50. The van der Waals surface area contributed by atoms with Crippen molar-refractivity contribution in [2.45, 2.75) is 32.1 Å². The van der Waals surface area contributed by atoms with Crippen LogP contribution in [0, 0.1) is 5.41 Å². The number of aromatic amines is 1.